The molecular formula is C15H27N3O3. The first kappa shape index (κ1) is 16.1. The van der Waals surface area contributed by atoms with E-state index in [1.165, 1.54) is 0 Å². The summed E-state index contributed by atoms with van der Waals surface area (Å²) < 4.78 is 0. The van der Waals surface area contributed by atoms with Crippen molar-refractivity contribution in [3.05, 3.63) is 0 Å². The van der Waals surface area contributed by atoms with E-state index in [2.05, 4.69) is 24.1 Å². The van der Waals surface area contributed by atoms with Crippen LogP contribution in [0.5, 0.6) is 0 Å². The molecule has 21 heavy (non-hydrogen) atoms. The van der Waals surface area contributed by atoms with E-state index in [1.807, 2.05) is 4.90 Å². The van der Waals surface area contributed by atoms with Gasteiger partial charge in [0.15, 0.2) is 0 Å². The molecule has 0 bridgehead atoms. The molecule has 0 aromatic heterocycles. The highest BCUT2D eigenvalue weighted by molar-refractivity contribution is 5.75. The second-order valence-electron chi connectivity index (χ2n) is 6.68. The minimum absolute atomic E-state index is 0.0206. The van der Waals surface area contributed by atoms with Crippen molar-refractivity contribution >= 4 is 12.0 Å². The molecule has 1 aliphatic heterocycles. The molecule has 0 aromatic rings. The van der Waals surface area contributed by atoms with Gasteiger partial charge >= 0.3 is 12.0 Å². The fourth-order valence-corrected chi connectivity index (χ4v) is 3.25. The van der Waals surface area contributed by atoms with Crippen molar-refractivity contribution < 1.29 is 14.7 Å². The van der Waals surface area contributed by atoms with Crippen molar-refractivity contribution in [1.82, 2.24) is 15.1 Å². The summed E-state index contributed by atoms with van der Waals surface area (Å²) in [4.78, 5) is 27.4. The normalized spacial score (nSPS) is 27.1. The molecular weight excluding hydrogens is 270 g/mol. The number of urea groups is 1. The van der Waals surface area contributed by atoms with Crippen LogP contribution in [0.1, 0.15) is 33.1 Å². The summed E-state index contributed by atoms with van der Waals surface area (Å²) in [6.45, 7) is 8.86. The highest BCUT2D eigenvalue weighted by atomic mass is 16.4. The second kappa shape index (κ2) is 7.11. The van der Waals surface area contributed by atoms with Crippen molar-refractivity contribution in [1.29, 1.82) is 0 Å². The monoisotopic (exact) mass is 297 g/mol. The quantitative estimate of drug-likeness (QED) is 0.818. The van der Waals surface area contributed by atoms with Gasteiger partial charge in [-0.25, -0.2) is 4.79 Å². The van der Waals surface area contributed by atoms with Crippen molar-refractivity contribution in [2.45, 2.75) is 39.2 Å². The van der Waals surface area contributed by atoms with Crippen molar-refractivity contribution in [2.75, 3.05) is 32.7 Å². The molecule has 0 spiro atoms. The van der Waals surface area contributed by atoms with Gasteiger partial charge in [0.1, 0.15) is 0 Å². The van der Waals surface area contributed by atoms with Crippen LogP contribution >= 0.6 is 0 Å². The van der Waals surface area contributed by atoms with Crippen LogP contribution in [0.15, 0.2) is 0 Å². The fraction of sp³-hybridized carbons (Fsp3) is 0.867. The molecule has 1 heterocycles. The maximum absolute atomic E-state index is 12.2. The van der Waals surface area contributed by atoms with Gasteiger partial charge in [0, 0.05) is 38.8 Å². The van der Waals surface area contributed by atoms with Gasteiger partial charge in [-0.3, -0.25) is 9.69 Å². The van der Waals surface area contributed by atoms with Crippen molar-refractivity contribution in [2.24, 2.45) is 11.8 Å². The summed E-state index contributed by atoms with van der Waals surface area (Å²) >= 11 is 0. The third-order valence-corrected chi connectivity index (χ3v) is 4.39. The molecule has 1 saturated carbocycles. The maximum atomic E-state index is 12.2. The molecule has 2 amide bonds. The van der Waals surface area contributed by atoms with E-state index in [4.69, 9.17) is 5.11 Å². The predicted molar refractivity (Wildman–Crippen MR) is 80.1 cm³/mol. The van der Waals surface area contributed by atoms with Gasteiger partial charge in [-0.1, -0.05) is 13.8 Å². The molecule has 1 aliphatic carbocycles. The largest absolute Gasteiger partial charge is 0.481 e. The van der Waals surface area contributed by atoms with Crippen LogP contribution in [0.3, 0.4) is 0 Å². The summed E-state index contributed by atoms with van der Waals surface area (Å²) in [5, 5.41) is 12.0. The molecule has 120 valence electrons. The standard InChI is InChI=1S/C15H27N3O3/c1-11(2)10-17-5-7-18(8-6-17)15(21)16-13-4-3-12(9-13)14(19)20/h11-13H,3-10H2,1-2H3,(H,16,21)(H,19,20)/t12-,13+/m1/s1. The van der Waals surface area contributed by atoms with Crippen LogP contribution in [0, 0.1) is 11.8 Å². The van der Waals surface area contributed by atoms with Crippen LogP contribution < -0.4 is 5.32 Å². The second-order valence-corrected chi connectivity index (χ2v) is 6.68. The third-order valence-electron chi connectivity index (χ3n) is 4.39. The third kappa shape index (κ3) is 4.59. The number of nitrogens with one attached hydrogen (secondary N) is 1. The summed E-state index contributed by atoms with van der Waals surface area (Å²) in [7, 11) is 0. The number of nitrogens with zero attached hydrogens (tertiary/aromatic N) is 2. The molecule has 2 aliphatic rings. The predicted octanol–water partition coefficient (Wildman–Crippen LogP) is 1.22. The highest BCUT2D eigenvalue weighted by Gasteiger charge is 2.32. The van der Waals surface area contributed by atoms with E-state index in [0.29, 0.717) is 18.8 Å². The lowest BCUT2D eigenvalue weighted by Crippen LogP contribution is -2.53. The minimum Gasteiger partial charge on any atom is -0.481 e. The molecule has 1 saturated heterocycles. The van der Waals surface area contributed by atoms with Crippen molar-refractivity contribution in [3.63, 3.8) is 0 Å². The van der Waals surface area contributed by atoms with E-state index < -0.39 is 5.97 Å². The Bertz CT molecular complexity index is 378. The van der Waals surface area contributed by atoms with Gasteiger partial charge in [0.25, 0.3) is 0 Å². The number of carboxylic acids is 1. The number of carboxylic acid groups (broad SMARTS) is 1. The number of hydrogen-bond donors (Lipinski definition) is 2. The lowest BCUT2D eigenvalue weighted by molar-refractivity contribution is -0.141. The number of hydrogen-bond acceptors (Lipinski definition) is 3. The Morgan fingerprint density at radius 1 is 1.19 bits per heavy atom. The van der Waals surface area contributed by atoms with Crippen LogP contribution in [-0.4, -0.2) is 65.7 Å². The topological polar surface area (TPSA) is 72.9 Å². The Morgan fingerprint density at radius 3 is 2.38 bits per heavy atom. The molecule has 6 nitrogen and oxygen atoms in total. The zero-order chi connectivity index (χ0) is 15.4. The van der Waals surface area contributed by atoms with Gasteiger partial charge in [-0.2, -0.15) is 0 Å². The van der Waals surface area contributed by atoms with Gasteiger partial charge in [-0.05, 0) is 25.2 Å². The summed E-state index contributed by atoms with van der Waals surface area (Å²) in [5.74, 6) is -0.385. The molecule has 2 N–H and O–H groups in total. The lowest BCUT2D eigenvalue weighted by atomic mass is 10.1. The number of amides is 2. The Labute approximate surface area is 126 Å². The van der Waals surface area contributed by atoms with E-state index >= 15 is 0 Å². The first-order valence-corrected chi connectivity index (χ1v) is 7.96. The number of piperazine rings is 1. The number of carbonyl (C=O) groups is 2. The molecule has 0 unspecified atom stereocenters. The van der Waals surface area contributed by atoms with Crippen molar-refractivity contribution in [3.8, 4) is 0 Å². The first-order chi connectivity index (χ1) is 9.95. The van der Waals surface area contributed by atoms with Crippen LogP contribution in [0.2, 0.25) is 0 Å². The molecule has 0 radical (unpaired) electrons. The van der Waals surface area contributed by atoms with Crippen LogP contribution in [-0.2, 0) is 4.79 Å². The van der Waals surface area contributed by atoms with E-state index in [0.717, 1.165) is 39.1 Å². The summed E-state index contributed by atoms with van der Waals surface area (Å²) in [6.07, 6.45) is 2.01. The maximum Gasteiger partial charge on any atom is 0.317 e. The number of rotatable bonds is 4. The fourth-order valence-electron chi connectivity index (χ4n) is 3.25. The van der Waals surface area contributed by atoms with Gasteiger partial charge in [0.2, 0.25) is 0 Å². The first-order valence-electron chi connectivity index (χ1n) is 7.96. The Kier molecular flexibility index (Phi) is 5.45. The molecule has 6 heteroatoms. The van der Waals surface area contributed by atoms with E-state index in [1.54, 1.807) is 0 Å². The zero-order valence-corrected chi connectivity index (χ0v) is 13.0. The number of carbonyl (C=O) groups excluding carboxylic acids is 1. The minimum atomic E-state index is -0.742. The molecule has 2 fully saturated rings. The molecule has 2 rings (SSSR count). The van der Waals surface area contributed by atoms with Gasteiger partial charge in [0.05, 0.1) is 5.92 Å². The van der Waals surface area contributed by atoms with Gasteiger partial charge in [-0.15, -0.1) is 0 Å². The van der Waals surface area contributed by atoms with E-state index in [-0.39, 0.29) is 18.0 Å². The summed E-state index contributed by atoms with van der Waals surface area (Å²) in [6, 6.07) is -0.0115. The van der Waals surface area contributed by atoms with E-state index in [9.17, 15) is 9.59 Å². The average molecular weight is 297 g/mol. The smallest absolute Gasteiger partial charge is 0.317 e. The lowest BCUT2D eigenvalue weighted by Gasteiger charge is -2.36. The zero-order valence-electron chi connectivity index (χ0n) is 13.0. The molecule has 2 atom stereocenters. The average Bonchev–Trinajstić information content (AvgIpc) is 2.87. The Balaban J connectivity index is 1.72. The van der Waals surface area contributed by atoms with Crippen LogP contribution in [0.4, 0.5) is 4.79 Å². The summed E-state index contributed by atoms with van der Waals surface area (Å²) in [5.41, 5.74) is 0. The Hall–Kier alpha value is -1.30. The van der Waals surface area contributed by atoms with Crippen LogP contribution in [0.25, 0.3) is 0 Å². The highest BCUT2D eigenvalue weighted by Crippen LogP contribution is 2.25. The molecule has 0 aromatic carbocycles. The SMILES string of the molecule is CC(C)CN1CCN(C(=O)N[C@H]2CC[C@@H](C(=O)O)C2)CC1. The Morgan fingerprint density at radius 2 is 1.86 bits per heavy atom. The van der Waals surface area contributed by atoms with Gasteiger partial charge < -0.3 is 15.3 Å². The number of aliphatic carboxylic acids is 1.